The van der Waals surface area contributed by atoms with Gasteiger partial charge in [0.1, 0.15) is 0 Å². The van der Waals surface area contributed by atoms with Crippen LogP contribution < -0.4 is 4.90 Å². The van der Waals surface area contributed by atoms with Crippen molar-refractivity contribution in [2.24, 2.45) is 0 Å². The van der Waals surface area contributed by atoms with Crippen molar-refractivity contribution in [1.82, 2.24) is 14.9 Å². The topological polar surface area (TPSA) is 41.5 Å². The van der Waals surface area contributed by atoms with Gasteiger partial charge in [-0.1, -0.05) is 0 Å². The Morgan fingerprint density at radius 3 is 2.47 bits per heavy atom. The predicted octanol–water partition coefficient (Wildman–Crippen LogP) is 1.01. The third-order valence-corrected chi connectivity index (χ3v) is 3.28. The van der Waals surface area contributed by atoms with Crippen LogP contribution in [-0.4, -0.2) is 61.3 Å². The molecule has 0 aliphatic carbocycles. The maximum atomic E-state index is 5.08. The molecule has 0 spiro atoms. The average Bonchev–Trinajstić information content (AvgIpc) is 2.38. The average molecular weight is 301 g/mol. The SMILES string of the molecule is COCCN1CCN(c2ncc(Br)cn2)CC1. The van der Waals surface area contributed by atoms with Gasteiger partial charge >= 0.3 is 0 Å². The summed E-state index contributed by atoms with van der Waals surface area (Å²) in [5.41, 5.74) is 0. The number of rotatable bonds is 4. The number of aromatic nitrogens is 2. The first kappa shape index (κ1) is 12.7. The molecule has 94 valence electrons. The molecule has 1 aliphatic rings. The number of nitrogens with zero attached hydrogens (tertiary/aromatic N) is 4. The van der Waals surface area contributed by atoms with E-state index in [-0.39, 0.29) is 0 Å². The first-order valence-electron chi connectivity index (χ1n) is 5.73. The highest BCUT2D eigenvalue weighted by Crippen LogP contribution is 2.12. The van der Waals surface area contributed by atoms with Gasteiger partial charge in [0, 0.05) is 52.2 Å². The Labute approximate surface area is 110 Å². The minimum atomic E-state index is 0.800. The van der Waals surface area contributed by atoms with Crippen LogP contribution in [-0.2, 0) is 4.74 Å². The van der Waals surface area contributed by atoms with Gasteiger partial charge in [0.05, 0.1) is 11.1 Å². The second-order valence-electron chi connectivity index (χ2n) is 4.02. The maximum Gasteiger partial charge on any atom is 0.225 e. The predicted molar refractivity (Wildman–Crippen MR) is 70.3 cm³/mol. The summed E-state index contributed by atoms with van der Waals surface area (Å²) in [4.78, 5) is 13.2. The molecule has 2 rings (SSSR count). The summed E-state index contributed by atoms with van der Waals surface area (Å²) in [5, 5.41) is 0. The van der Waals surface area contributed by atoms with E-state index < -0.39 is 0 Å². The van der Waals surface area contributed by atoms with Crippen LogP contribution in [0.2, 0.25) is 0 Å². The molecule has 1 aromatic heterocycles. The smallest absolute Gasteiger partial charge is 0.225 e. The molecule has 0 radical (unpaired) electrons. The van der Waals surface area contributed by atoms with Gasteiger partial charge in [-0.3, -0.25) is 4.90 Å². The highest BCUT2D eigenvalue weighted by Gasteiger charge is 2.18. The molecule has 0 amide bonds. The molecular formula is C11H17BrN4O. The second kappa shape index (κ2) is 6.28. The normalized spacial score (nSPS) is 17.4. The molecule has 0 aromatic carbocycles. The Kier molecular flexibility index (Phi) is 4.70. The monoisotopic (exact) mass is 300 g/mol. The highest BCUT2D eigenvalue weighted by molar-refractivity contribution is 9.10. The number of hydrogen-bond acceptors (Lipinski definition) is 5. The minimum absolute atomic E-state index is 0.800. The van der Waals surface area contributed by atoms with Gasteiger partial charge in [0.15, 0.2) is 0 Å². The van der Waals surface area contributed by atoms with Crippen molar-refractivity contribution in [2.75, 3.05) is 51.3 Å². The molecule has 0 unspecified atom stereocenters. The number of hydrogen-bond donors (Lipinski definition) is 0. The van der Waals surface area contributed by atoms with Crippen LogP contribution in [0.25, 0.3) is 0 Å². The van der Waals surface area contributed by atoms with Crippen molar-refractivity contribution in [3.8, 4) is 0 Å². The van der Waals surface area contributed by atoms with E-state index in [2.05, 4.69) is 35.7 Å². The quantitative estimate of drug-likeness (QED) is 0.830. The zero-order valence-corrected chi connectivity index (χ0v) is 11.6. The number of ether oxygens (including phenoxy) is 1. The number of piperazine rings is 1. The van der Waals surface area contributed by atoms with Gasteiger partial charge in [0.2, 0.25) is 5.95 Å². The molecule has 0 atom stereocenters. The third-order valence-electron chi connectivity index (χ3n) is 2.87. The second-order valence-corrected chi connectivity index (χ2v) is 4.94. The molecule has 0 saturated carbocycles. The van der Waals surface area contributed by atoms with Crippen LogP contribution in [0, 0.1) is 0 Å². The van der Waals surface area contributed by atoms with Crippen molar-refractivity contribution in [1.29, 1.82) is 0 Å². The van der Waals surface area contributed by atoms with E-state index >= 15 is 0 Å². The standard InChI is InChI=1S/C11H17BrN4O/c1-17-7-6-15-2-4-16(5-3-15)11-13-8-10(12)9-14-11/h8-9H,2-7H2,1H3. The molecule has 2 heterocycles. The zero-order chi connectivity index (χ0) is 12.1. The molecule has 6 heteroatoms. The molecule has 1 aromatic rings. The van der Waals surface area contributed by atoms with E-state index in [9.17, 15) is 0 Å². The van der Waals surface area contributed by atoms with Gasteiger partial charge in [-0.15, -0.1) is 0 Å². The largest absolute Gasteiger partial charge is 0.383 e. The Balaban J connectivity index is 1.84. The van der Waals surface area contributed by atoms with Crippen molar-refractivity contribution in [3.63, 3.8) is 0 Å². The highest BCUT2D eigenvalue weighted by atomic mass is 79.9. The van der Waals surface area contributed by atoms with Gasteiger partial charge in [-0.05, 0) is 15.9 Å². The Hall–Kier alpha value is -0.720. The summed E-state index contributed by atoms with van der Waals surface area (Å²) in [6, 6.07) is 0. The lowest BCUT2D eigenvalue weighted by Crippen LogP contribution is -2.47. The van der Waals surface area contributed by atoms with Crippen LogP contribution in [0.3, 0.4) is 0 Å². The fraction of sp³-hybridized carbons (Fsp3) is 0.636. The minimum Gasteiger partial charge on any atom is -0.383 e. The molecule has 5 nitrogen and oxygen atoms in total. The van der Waals surface area contributed by atoms with Gasteiger partial charge in [-0.2, -0.15) is 0 Å². The van der Waals surface area contributed by atoms with Crippen molar-refractivity contribution in [2.45, 2.75) is 0 Å². The number of halogens is 1. The molecular weight excluding hydrogens is 284 g/mol. The van der Waals surface area contributed by atoms with Crippen molar-refractivity contribution >= 4 is 21.9 Å². The first-order valence-corrected chi connectivity index (χ1v) is 6.52. The van der Waals surface area contributed by atoms with E-state index in [4.69, 9.17) is 4.74 Å². The van der Waals surface area contributed by atoms with E-state index in [0.717, 1.165) is 49.8 Å². The van der Waals surface area contributed by atoms with Crippen LogP contribution in [0.15, 0.2) is 16.9 Å². The van der Waals surface area contributed by atoms with Crippen molar-refractivity contribution < 1.29 is 4.74 Å². The summed E-state index contributed by atoms with van der Waals surface area (Å²) in [5.74, 6) is 0.819. The summed E-state index contributed by atoms with van der Waals surface area (Å²) >= 11 is 3.34. The van der Waals surface area contributed by atoms with Crippen LogP contribution >= 0.6 is 15.9 Å². The van der Waals surface area contributed by atoms with Crippen LogP contribution in [0.5, 0.6) is 0 Å². The van der Waals surface area contributed by atoms with E-state index in [1.165, 1.54) is 0 Å². The third kappa shape index (κ3) is 3.62. The van der Waals surface area contributed by atoms with Gasteiger partial charge in [0.25, 0.3) is 0 Å². The molecule has 1 saturated heterocycles. The summed E-state index contributed by atoms with van der Waals surface area (Å²) < 4.78 is 6.00. The van der Waals surface area contributed by atoms with Gasteiger partial charge < -0.3 is 9.64 Å². The molecule has 17 heavy (non-hydrogen) atoms. The summed E-state index contributed by atoms with van der Waals surface area (Å²) in [6.45, 7) is 5.85. The Morgan fingerprint density at radius 1 is 1.24 bits per heavy atom. The fourth-order valence-corrected chi connectivity index (χ4v) is 2.07. The summed E-state index contributed by atoms with van der Waals surface area (Å²) in [7, 11) is 1.74. The van der Waals surface area contributed by atoms with E-state index in [1.54, 1.807) is 19.5 Å². The lowest BCUT2D eigenvalue weighted by Gasteiger charge is -2.34. The Morgan fingerprint density at radius 2 is 1.88 bits per heavy atom. The lowest BCUT2D eigenvalue weighted by molar-refractivity contribution is 0.143. The number of anilines is 1. The van der Waals surface area contributed by atoms with Crippen LogP contribution in [0.1, 0.15) is 0 Å². The molecule has 1 aliphatic heterocycles. The van der Waals surface area contributed by atoms with E-state index in [1.807, 2.05) is 0 Å². The number of methoxy groups -OCH3 is 1. The van der Waals surface area contributed by atoms with E-state index in [0.29, 0.717) is 0 Å². The van der Waals surface area contributed by atoms with Gasteiger partial charge in [-0.25, -0.2) is 9.97 Å². The fourth-order valence-electron chi connectivity index (χ4n) is 1.86. The first-order chi connectivity index (χ1) is 8.29. The lowest BCUT2D eigenvalue weighted by atomic mass is 10.3. The maximum absolute atomic E-state index is 5.08. The molecule has 1 fully saturated rings. The molecule has 0 N–H and O–H groups in total. The zero-order valence-electron chi connectivity index (χ0n) is 9.97. The Bertz CT molecular complexity index is 338. The van der Waals surface area contributed by atoms with Crippen LogP contribution in [0.4, 0.5) is 5.95 Å². The summed E-state index contributed by atoms with van der Waals surface area (Å²) in [6.07, 6.45) is 3.58. The molecule has 0 bridgehead atoms. The van der Waals surface area contributed by atoms with Crippen molar-refractivity contribution in [3.05, 3.63) is 16.9 Å².